The van der Waals surface area contributed by atoms with Crippen LogP contribution in [0.3, 0.4) is 0 Å². The molecule has 1 fully saturated rings. The highest BCUT2D eigenvalue weighted by atomic mass is 16.3. The maximum absolute atomic E-state index is 11.6. The molecule has 0 aromatic rings. The fourth-order valence-electron chi connectivity index (χ4n) is 2.09. The van der Waals surface area contributed by atoms with Crippen LogP contribution in [0.1, 0.15) is 45.4 Å². The molecule has 0 aromatic carbocycles. The van der Waals surface area contributed by atoms with Crippen LogP contribution in [0.4, 0.5) is 0 Å². The first kappa shape index (κ1) is 12.5. The minimum absolute atomic E-state index is 0.240. The molecule has 0 aliphatic heterocycles. The molecule has 3 nitrogen and oxygen atoms in total. The molecule has 1 aliphatic carbocycles. The summed E-state index contributed by atoms with van der Waals surface area (Å²) in [7, 11) is 0. The summed E-state index contributed by atoms with van der Waals surface area (Å²) in [6.07, 6.45) is 6.51. The SMILES string of the molecule is CC(CO)CCCNC(=O)C1CCCC1. The first-order chi connectivity index (χ1) is 7.24. The first-order valence-electron chi connectivity index (χ1n) is 6.12. The Bertz CT molecular complexity index is 188. The van der Waals surface area contributed by atoms with E-state index < -0.39 is 0 Å². The van der Waals surface area contributed by atoms with Crippen LogP contribution < -0.4 is 5.32 Å². The highest BCUT2D eigenvalue weighted by Crippen LogP contribution is 2.24. The van der Waals surface area contributed by atoms with E-state index in [9.17, 15) is 4.79 Å². The van der Waals surface area contributed by atoms with Crippen molar-refractivity contribution in [1.29, 1.82) is 0 Å². The molecular weight excluding hydrogens is 190 g/mol. The lowest BCUT2D eigenvalue weighted by atomic mass is 10.1. The molecule has 88 valence electrons. The number of rotatable bonds is 6. The van der Waals surface area contributed by atoms with Gasteiger partial charge in [-0.15, -0.1) is 0 Å². The van der Waals surface area contributed by atoms with Crippen LogP contribution in [0.2, 0.25) is 0 Å². The topological polar surface area (TPSA) is 49.3 Å². The van der Waals surface area contributed by atoms with E-state index in [-0.39, 0.29) is 18.4 Å². The summed E-state index contributed by atoms with van der Waals surface area (Å²) in [5, 5.41) is 11.8. The van der Waals surface area contributed by atoms with Crippen LogP contribution in [0.25, 0.3) is 0 Å². The molecule has 1 aliphatic rings. The molecule has 1 saturated carbocycles. The summed E-state index contributed by atoms with van der Waals surface area (Å²) in [4.78, 5) is 11.6. The number of aliphatic hydroxyl groups excluding tert-OH is 1. The van der Waals surface area contributed by atoms with Crippen LogP contribution in [0, 0.1) is 11.8 Å². The van der Waals surface area contributed by atoms with Crippen molar-refractivity contribution in [2.45, 2.75) is 45.4 Å². The van der Waals surface area contributed by atoms with Crippen molar-refractivity contribution in [1.82, 2.24) is 5.32 Å². The predicted molar refractivity (Wildman–Crippen MR) is 60.5 cm³/mol. The first-order valence-corrected chi connectivity index (χ1v) is 6.12. The van der Waals surface area contributed by atoms with Crippen molar-refractivity contribution in [3.05, 3.63) is 0 Å². The Hall–Kier alpha value is -0.570. The van der Waals surface area contributed by atoms with Gasteiger partial charge in [-0.1, -0.05) is 19.8 Å². The number of carbonyl (C=O) groups is 1. The summed E-state index contributed by atoms with van der Waals surface area (Å²) in [6, 6.07) is 0. The van der Waals surface area contributed by atoms with Gasteiger partial charge >= 0.3 is 0 Å². The van der Waals surface area contributed by atoms with E-state index in [1.54, 1.807) is 0 Å². The molecule has 0 bridgehead atoms. The van der Waals surface area contributed by atoms with E-state index in [1.807, 2.05) is 6.92 Å². The quantitative estimate of drug-likeness (QED) is 0.660. The highest BCUT2D eigenvalue weighted by Gasteiger charge is 2.21. The standard InChI is InChI=1S/C12H23NO2/c1-10(9-14)5-4-8-13-12(15)11-6-2-3-7-11/h10-11,14H,2-9H2,1H3,(H,13,15). The van der Waals surface area contributed by atoms with Crippen molar-refractivity contribution in [3.63, 3.8) is 0 Å². The lowest BCUT2D eigenvalue weighted by Crippen LogP contribution is -2.30. The van der Waals surface area contributed by atoms with Gasteiger partial charge in [0, 0.05) is 19.1 Å². The molecule has 1 atom stereocenters. The Morgan fingerprint density at radius 2 is 2.13 bits per heavy atom. The molecule has 0 saturated heterocycles. The van der Waals surface area contributed by atoms with Crippen molar-refractivity contribution < 1.29 is 9.90 Å². The third-order valence-electron chi connectivity index (χ3n) is 3.21. The highest BCUT2D eigenvalue weighted by molar-refractivity contribution is 5.78. The van der Waals surface area contributed by atoms with Gasteiger partial charge in [0.2, 0.25) is 5.91 Å². The lowest BCUT2D eigenvalue weighted by molar-refractivity contribution is -0.124. The third kappa shape index (κ3) is 4.65. The van der Waals surface area contributed by atoms with Gasteiger partial charge in [-0.05, 0) is 31.6 Å². The van der Waals surface area contributed by atoms with Gasteiger partial charge in [0.05, 0.1) is 0 Å². The fraction of sp³-hybridized carbons (Fsp3) is 0.917. The second-order valence-corrected chi connectivity index (χ2v) is 4.70. The van der Waals surface area contributed by atoms with E-state index in [1.165, 1.54) is 12.8 Å². The Balaban J connectivity index is 2.01. The lowest BCUT2D eigenvalue weighted by Gasteiger charge is -2.11. The molecular formula is C12H23NO2. The van der Waals surface area contributed by atoms with E-state index in [0.29, 0.717) is 5.92 Å². The van der Waals surface area contributed by atoms with Crippen LogP contribution in [0.5, 0.6) is 0 Å². The Kier molecular flexibility index (Phi) is 5.69. The molecule has 0 radical (unpaired) electrons. The van der Waals surface area contributed by atoms with E-state index in [0.717, 1.165) is 32.2 Å². The largest absolute Gasteiger partial charge is 0.396 e. The normalized spacial score (nSPS) is 19.1. The zero-order chi connectivity index (χ0) is 11.1. The van der Waals surface area contributed by atoms with Gasteiger partial charge in [0.25, 0.3) is 0 Å². The molecule has 1 amide bonds. The number of hydrogen-bond donors (Lipinski definition) is 2. The molecule has 15 heavy (non-hydrogen) atoms. The molecule has 1 unspecified atom stereocenters. The minimum Gasteiger partial charge on any atom is -0.396 e. The average molecular weight is 213 g/mol. The summed E-state index contributed by atoms with van der Waals surface area (Å²) < 4.78 is 0. The summed E-state index contributed by atoms with van der Waals surface area (Å²) in [5.74, 6) is 0.873. The molecule has 3 heteroatoms. The van der Waals surface area contributed by atoms with Crippen LogP contribution in [0.15, 0.2) is 0 Å². The van der Waals surface area contributed by atoms with E-state index in [2.05, 4.69) is 5.32 Å². The zero-order valence-corrected chi connectivity index (χ0v) is 9.67. The van der Waals surface area contributed by atoms with Crippen molar-refractivity contribution >= 4 is 5.91 Å². The molecule has 0 heterocycles. The zero-order valence-electron chi connectivity index (χ0n) is 9.67. The number of carbonyl (C=O) groups excluding carboxylic acids is 1. The summed E-state index contributed by atoms with van der Waals surface area (Å²) >= 11 is 0. The van der Waals surface area contributed by atoms with Crippen molar-refractivity contribution in [3.8, 4) is 0 Å². The summed E-state index contributed by atoms with van der Waals surface area (Å²) in [6.45, 7) is 3.04. The Morgan fingerprint density at radius 1 is 1.47 bits per heavy atom. The van der Waals surface area contributed by atoms with Gasteiger partial charge in [-0.25, -0.2) is 0 Å². The molecule has 0 spiro atoms. The maximum Gasteiger partial charge on any atom is 0.223 e. The third-order valence-corrected chi connectivity index (χ3v) is 3.21. The average Bonchev–Trinajstić information content (AvgIpc) is 2.77. The smallest absolute Gasteiger partial charge is 0.223 e. The number of nitrogens with one attached hydrogen (secondary N) is 1. The molecule has 2 N–H and O–H groups in total. The number of hydrogen-bond acceptors (Lipinski definition) is 2. The second kappa shape index (κ2) is 6.83. The second-order valence-electron chi connectivity index (χ2n) is 4.70. The van der Waals surface area contributed by atoms with E-state index in [4.69, 9.17) is 5.11 Å². The van der Waals surface area contributed by atoms with Crippen LogP contribution in [-0.4, -0.2) is 24.2 Å². The van der Waals surface area contributed by atoms with Gasteiger partial charge in [-0.3, -0.25) is 4.79 Å². The van der Waals surface area contributed by atoms with Crippen molar-refractivity contribution in [2.24, 2.45) is 11.8 Å². The van der Waals surface area contributed by atoms with E-state index >= 15 is 0 Å². The maximum atomic E-state index is 11.6. The van der Waals surface area contributed by atoms with Gasteiger partial charge in [0.15, 0.2) is 0 Å². The Morgan fingerprint density at radius 3 is 2.73 bits per heavy atom. The number of aliphatic hydroxyl groups is 1. The summed E-state index contributed by atoms with van der Waals surface area (Å²) in [5.41, 5.74) is 0. The van der Waals surface area contributed by atoms with Crippen LogP contribution >= 0.6 is 0 Å². The number of amides is 1. The minimum atomic E-state index is 0.240. The fourth-order valence-corrected chi connectivity index (χ4v) is 2.09. The molecule has 1 rings (SSSR count). The molecule has 0 aromatic heterocycles. The van der Waals surface area contributed by atoms with Crippen molar-refractivity contribution in [2.75, 3.05) is 13.2 Å². The van der Waals surface area contributed by atoms with Gasteiger partial charge < -0.3 is 10.4 Å². The monoisotopic (exact) mass is 213 g/mol. The predicted octanol–water partition coefficient (Wildman–Crippen LogP) is 1.70. The Labute approximate surface area is 92.3 Å². The van der Waals surface area contributed by atoms with Gasteiger partial charge in [0.1, 0.15) is 0 Å². The van der Waals surface area contributed by atoms with Crippen LogP contribution in [-0.2, 0) is 4.79 Å². The van der Waals surface area contributed by atoms with Gasteiger partial charge in [-0.2, -0.15) is 0 Å².